The Morgan fingerprint density at radius 2 is 2.03 bits per heavy atom. The van der Waals surface area contributed by atoms with Crippen LogP contribution in [0.4, 0.5) is 0 Å². The van der Waals surface area contributed by atoms with E-state index >= 15 is 0 Å². The smallest absolute Gasteiger partial charge is 0.0873 e. The van der Waals surface area contributed by atoms with Crippen LogP contribution in [0.5, 0.6) is 0 Å². The lowest BCUT2D eigenvalue weighted by Gasteiger charge is -2.25. The summed E-state index contributed by atoms with van der Waals surface area (Å²) in [5, 5.41) is 3.53. The highest BCUT2D eigenvalue weighted by atomic mass is 16.6. The van der Waals surface area contributed by atoms with Gasteiger partial charge in [0.05, 0.1) is 18.7 Å². The Kier molecular flexibility index (Phi) is 11.8. The molecule has 0 aliphatic carbocycles. The molecule has 5 heteroatoms. The molecular weight excluding hydrogens is 360 g/mol. The molecule has 5 nitrogen and oxygen atoms in total. The van der Waals surface area contributed by atoms with E-state index in [1.165, 1.54) is 31.2 Å². The van der Waals surface area contributed by atoms with Crippen molar-refractivity contribution in [2.24, 2.45) is 10.9 Å². The summed E-state index contributed by atoms with van der Waals surface area (Å²) >= 11 is 0. The molecule has 2 N–H and O–H groups in total. The Balaban J connectivity index is 1.47. The predicted molar refractivity (Wildman–Crippen MR) is 123 cm³/mol. The second-order valence-electron chi connectivity index (χ2n) is 8.02. The molecule has 0 spiro atoms. The number of hydrogen-bond acceptors (Lipinski definition) is 5. The molecule has 29 heavy (non-hydrogen) atoms. The van der Waals surface area contributed by atoms with E-state index in [4.69, 9.17) is 4.84 Å². The average molecular weight is 401 g/mol. The zero-order valence-corrected chi connectivity index (χ0v) is 18.4. The van der Waals surface area contributed by atoms with Gasteiger partial charge in [0.25, 0.3) is 0 Å². The first-order chi connectivity index (χ1) is 14.2. The van der Waals surface area contributed by atoms with Crippen LogP contribution in [0.2, 0.25) is 0 Å². The fraction of sp³-hybridized carbons (Fsp3) is 0.625. The predicted octanol–water partition coefficient (Wildman–Crippen LogP) is 3.48. The van der Waals surface area contributed by atoms with Gasteiger partial charge in [0.15, 0.2) is 0 Å². The average Bonchev–Trinajstić information content (AvgIpc) is 3.19. The van der Waals surface area contributed by atoms with Gasteiger partial charge in [-0.2, -0.15) is 0 Å². The van der Waals surface area contributed by atoms with Crippen LogP contribution in [0.3, 0.4) is 0 Å². The van der Waals surface area contributed by atoms with Crippen LogP contribution in [-0.4, -0.2) is 63.0 Å². The van der Waals surface area contributed by atoms with Crippen LogP contribution in [0, 0.1) is 5.92 Å². The molecule has 1 aliphatic rings. The van der Waals surface area contributed by atoms with Gasteiger partial charge >= 0.3 is 0 Å². The summed E-state index contributed by atoms with van der Waals surface area (Å²) in [7, 11) is 0. The van der Waals surface area contributed by atoms with Crippen LogP contribution in [0.25, 0.3) is 0 Å². The largest absolute Gasteiger partial charge is 0.315 e. The molecule has 0 aromatic heterocycles. The molecule has 0 saturated heterocycles. The van der Waals surface area contributed by atoms with Gasteiger partial charge in [-0.15, -0.1) is 0 Å². The number of rotatable bonds is 16. The lowest BCUT2D eigenvalue weighted by Crippen LogP contribution is -2.39. The van der Waals surface area contributed by atoms with Crippen molar-refractivity contribution in [3.8, 4) is 0 Å². The van der Waals surface area contributed by atoms with Crippen LogP contribution >= 0.6 is 0 Å². The van der Waals surface area contributed by atoms with Crippen molar-refractivity contribution >= 4 is 6.72 Å². The maximum absolute atomic E-state index is 5.67. The third kappa shape index (κ3) is 9.68. The SMILES string of the molecule is C=NC(C)CN1CC=CC1CONCCNCCC(CC)CCc1ccccc1. The zero-order chi connectivity index (χ0) is 20.7. The third-order valence-corrected chi connectivity index (χ3v) is 5.73. The highest BCUT2D eigenvalue weighted by molar-refractivity contribution is 5.24. The third-order valence-electron chi connectivity index (χ3n) is 5.73. The van der Waals surface area contributed by atoms with E-state index < -0.39 is 0 Å². The van der Waals surface area contributed by atoms with Crippen molar-refractivity contribution in [1.29, 1.82) is 0 Å². The number of hydroxylamine groups is 1. The Morgan fingerprint density at radius 1 is 1.21 bits per heavy atom. The van der Waals surface area contributed by atoms with E-state index in [0.717, 1.165) is 38.6 Å². The van der Waals surface area contributed by atoms with Crippen molar-refractivity contribution in [1.82, 2.24) is 15.7 Å². The maximum Gasteiger partial charge on any atom is 0.0873 e. The second-order valence-corrected chi connectivity index (χ2v) is 8.02. The second kappa shape index (κ2) is 14.5. The van der Waals surface area contributed by atoms with Crippen LogP contribution < -0.4 is 10.8 Å². The number of nitrogens with zero attached hydrogens (tertiary/aromatic N) is 2. The number of aliphatic imine (C=N–C) groups is 1. The van der Waals surface area contributed by atoms with Crippen molar-refractivity contribution in [2.45, 2.75) is 51.6 Å². The summed E-state index contributed by atoms with van der Waals surface area (Å²) in [6.45, 7) is 13.4. The molecule has 0 radical (unpaired) electrons. The normalized spacial score (nSPS) is 18.8. The van der Waals surface area contributed by atoms with Crippen LogP contribution in [0.1, 0.15) is 38.7 Å². The highest BCUT2D eigenvalue weighted by Gasteiger charge is 2.21. The Bertz CT molecular complexity index is 578. The van der Waals surface area contributed by atoms with E-state index in [1.54, 1.807) is 0 Å². The molecule has 1 aromatic carbocycles. The number of benzene rings is 1. The van der Waals surface area contributed by atoms with E-state index in [9.17, 15) is 0 Å². The van der Waals surface area contributed by atoms with Crippen molar-refractivity contribution in [2.75, 3.05) is 39.3 Å². The van der Waals surface area contributed by atoms with Gasteiger partial charge in [-0.05, 0) is 50.9 Å². The molecule has 1 aliphatic heterocycles. The minimum absolute atomic E-state index is 0.259. The van der Waals surface area contributed by atoms with Gasteiger partial charge in [0, 0.05) is 26.2 Å². The molecule has 162 valence electrons. The topological polar surface area (TPSA) is 48.9 Å². The summed E-state index contributed by atoms with van der Waals surface area (Å²) < 4.78 is 0. The Labute approximate surface area is 177 Å². The zero-order valence-electron chi connectivity index (χ0n) is 18.4. The van der Waals surface area contributed by atoms with E-state index in [2.05, 4.69) is 83.7 Å². The lowest BCUT2D eigenvalue weighted by atomic mass is 9.94. The summed E-state index contributed by atoms with van der Waals surface area (Å²) in [6, 6.07) is 11.4. The number of aryl methyl sites for hydroxylation is 1. The Hall–Kier alpha value is -1.53. The number of nitrogens with one attached hydrogen (secondary N) is 2. The first-order valence-corrected chi connectivity index (χ1v) is 11.2. The van der Waals surface area contributed by atoms with E-state index in [1.807, 2.05) is 0 Å². The quantitative estimate of drug-likeness (QED) is 0.193. The molecule has 0 saturated carbocycles. The van der Waals surface area contributed by atoms with Gasteiger partial charge < -0.3 is 5.32 Å². The summed E-state index contributed by atoms with van der Waals surface area (Å²) in [5.74, 6) is 0.791. The first kappa shape index (κ1) is 23.7. The van der Waals surface area contributed by atoms with Crippen molar-refractivity contribution in [3.05, 3.63) is 48.0 Å². The standard InChI is InChI=1S/C24H40N4O/c1-4-22(12-13-23-9-6-5-7-10-23)14-15-26-16-17-27-29-20-24-11-8-18-28(24)19-21(2)25-3/h5-11,21-22,24,26-27H,3-4,12-20H2,1-2H3. The van der Waals surface area contributed by atoms with Crippen molar-refractivity contribution in [3.63, 3.8) is 0 Å². The van der Waals surface area contributed by atoms with Gasteiger partial charge in [0.2, 0.25) is 0 Å². The molecular formula is C24H40N4O. The van der Waals surface area contributed by atoms with E-state index in [0.29, 0.717) is 12.6 Å². The minimum atomic E-state index is 0.259. The van der Waals surface area contributed by atoms with E-state index in [-0.39, 0.29) is 6.04 Å². The first-order valence-electron chi connectivity index (χ1n) is 11.2. The molecule has 2 rings (SSSR count). The summed E-state index contributed by atoms with van der Waals surface area (Å²) in [5.41, 5.74) is 4.54. The Morgan fingerprint density at radius 3 is 2.79 bits per heavy atom. The van der Waals surface area contributed by atoms with Crippen molar-refractivity contribution < 1.29 is 4.84 Å². The molecule has 0 fully saturated rings. The maximum atomic E-state index is 5.67. The summed E-state index contributed by atoms with van der Waals surface area (Å²) in [6.07, 6.45) is 9.37. The molecule has 0 amide bonds. The lowest BCUT2D eigenvalue weighted by molar-refractivity contribution is 0.0143. The van der Waals surface area contributed by atoms with Gasteiger partial charge in [-0.25, -0.2) is 5.48 Å². The van der Waals surface area contributed by atoms with Gasteiger partial charge in [0.1, 0.15) is 0 Å². The fourth-order valence-electron chi connectivity index (χ4n) is 3.73. The minimum Gasteiger partial charge on any atom is -0.315 e. The number of hydrogen-bond donors (Lipinski definition) is 2. The monoisotopic (exact) mass is 400 g/mol. The fourth-order valence-corrected chi connectivity index (χ4v) is 3.73. The molecule has 1 heterocycles. The van der Waals surface area contributed by atoms with Crippen LogP contribution in [-0.2, 0) is 11.3 Å². The molecule has 1 aromatic rings. The highest BCUT2D eigenvalue weighted by Crippen LogP contribution is 2.16. The molecule has 3 atom stereocenters. The van der Waals surface area contributed by atoms with Gasteiger partial charge in [-0.1, -0.05) is 55.8 Å². The molecule has 3 unspecified atom stereocenters. The van der Waals surface area contributed by atoms with Crippen LogP contribution in [0.15, 0.2) is 47.5 Å². The molecule has 0 bridgehead atoms. The summed E-state index contributed by atoms with van der Waals surface area (Å²) in [4.78, 5) is 12.1. The van der Waals surface area contributed by atoms with Gasteiger partial charge in [-0.3, -0.25) is 14.7 Å².